The molecular formula is C14H19N3O2. The van der Waals surface area contributed by atoms with Crippen LogP contribution in [-0.4, -0.2) is 9.97 Å². The second-order valence-electron chi connectivity index (χ2n) is 4.78. The number of hydrogen-bond donors (Lipinski definition) is 2. The molecule has 0 bridgehead atoms. The Morgan fingerprint density at radius 2 is 2.05 bits per heavy atom. The first-order chi connectivity index (χ1) is 8.99. The molecule has 0 saturated carbocycles. The highest BCUT2D eigenvalue weighted by Gasteiger charge is 2.18. The highest BCUT2D eigenvalue weighted by Crippen LogP contribution is 2.18. The van der Waals surface area contributed by atoms with Crippen LogP contribution in [0.5, 0.6) is 0 Å². The Morgan fingerprint density at radius 1 is 1.32 bits per heavy atom. The van der Waals surface area contributed by atoms with E-state index in [1.807, 2.05) is 32.9 Å². The number of nitrogens with one attached hydrogen (secondary N) is 2. The second kappa shape index (κ2) is 5.40. The van der Waals surface area contributed by atoms with Crippen molar-refractivity contribution in [3.63, 3.8) is 0 Å². The molecule has 0 saturated heterocycles. The molecule has 0 aromatic carbocycles. The Balaban J connectivity index is 2.21. The van der Waals surface area contributed by atoms with E-state index in [2.05, 4.69) is 15.3 Å². The predicted octanol–water partition coefficient (Wildman–Crippen LogP) is 2.39. The largest absolute Gasteiger partial charge is 0.468 e. The minimum atomic E-state index is -0.100. The summed E-state index contributed by atoms with van der Waals surface area (Å²) in [4.78, 5) is 19.1. The topological polar surface area (TPSA) is 70.9 Å². The molecule has 0 aliphatic rings. The Labute approximate surface area is 112 Å². The molecule has 2 aromatic heterocycles. The lowest BCUT2D eigenvalue weighted by Crippen LogP contribution is -2.29. The quantitative estimate of drug-likeness (QED) is 0.886. The molecule has 19 heavy (non-hydrogen) atoms. The van der Waals surface area contributed by atoms with Gasteiger partial charge in [0.2, 0.25) is 0 Å². The Hall–Kier alpha value is -1.88. The smallest absolute Gasteiger partial charge is 0.255 e. The number of rotatable bonds is 4. The fourth-order valence-electron chi connectivity index (χ4n) is 2.32. The van der Waals surface area contributed by atoms with Crippen LogP contribution >= 0.6 is 0 Å². The van der Waals surface area contributed by atoms with Crippen molar-refractivity contribution >= 4 is 0 Å². The Morgan fingerprint density at radius 3 is 2.63 bits per heavy atom. The molecule has 2 rings (SSSR count). The highest BCUT2D eigenvalue weighted by molar-refractivity contribution is 5.20. The molecule has 0 amide bonds. The molecule has 0 spiro atoms. The van der Waals surface area contributed by atoms with Crippen LogP contribution in [0, 0.1) is 13.8 Å². The van der Waals surface area contributed by atoms with Gasteiger partial charge in [0.1, 0.15) is 11.6 Å². The van der Waals surface area contributed by atoms with E-state index < -0.39 is 0 Å². The average molecular weight is 261 g/mol. The van der Waals surface area contributed by atoms with E-state index in [4.69, 9.17) is 4.42 Å². The van der Waals surface area contributed by atoms with Gasteiger partial charge in [-0.05, 0) is 39.8 Å². The van der Waals surface area contributed by atoms with Crippen molar-refractivity contribution in [3.8, 4) is 0 Å². The third-order valence-electron chi connectivity index (χ3n) is 3.17. The molecule has 1 unspecified atom stereocenters. The van der Waals surface area contributed by atoms with Crippen LogP contribution in [0.3, 0.4) is 0 Å². The van der Waals surface area contributed by atoms with Crippen molar-refractivity contribution in [2.24, 2.45) is 0 Å². The summed E-state index contributed by atoms with van der Waals surface area (Å²) in [7, 11) is 0. The van der Waals surface area contributed by atoms with Gasteiger partial charge >= 0.3 is 0 Å². The zero-order valence-electron chi connectivity index (χ0n) is 11.7. The monoisotopic (exact) mass is 261 g/mol. The normalized spacial score (nSPS) is 14.3. The summed E-state index contributed by atoms with van der Waals surface area (Å²) in [5, 5.41) is 3.35. The number of nitrogens with zero attached hydrogens (tertiary/aromatic N) is 1. The fraction of sp³-hybridized carbons (Fsp3) is 0.429. The van der Waals surface area contributed by atoms with Crippen molar-refractivity contribution in [2.75, 3.05) is 0 Å². The van der Waals surface area contributed by atoms with Crippen LogP contribution in [0.1, 0.15) is 48.8 Å². The molecule has 0 radical (unpaired) electrons. The van der Waals surface area contributed by atoms with Gasteiger partial charge in [0.25, 0.3) is 5.56 Å². The molecule has 5 nitrogen and oxygen atoms in total. The number of H-pyrrole nitrogens is 1. The van der Waals surface area contributed by atoms with Crippen molar-refractivity contribution in [3.05, 3.63) is 51.6 Å². The summed E-state index contributed by atoms with van der Waals surface area (Å²) in [6.45, 7) is 7.59. The summed E-state index contributed by atoms with van der Waals surface area (Å²) in [5.74, 6) is 1.48. The maximum atomic E-state index is 12.0. The minimum Gasteiger partial charge on any atom is -0.468 e. The molecule has 2 heterocycles. The third-order valence-corrected chi connectivity index (χ3v) is 3.17. The van der Waals surface area contributed by atoms with Gasteiger partial charge in [-0.15, -0.1) is 0 Å². The number of aromatic amines is 1. The maximum Gasteiger partial charge on any atom is 0.255 e. The van der Waals surface area contributed by atoms with E-state index in [1.54, 1.807) is 13.2 Å². The van der Waals surface area contributed by atoms with Crippen LogP contribution < -0.4 is 10.9 Å². The molecule has 5 heteroatoms. The lowest BCUT2D eigenvalue weighted by molar-refractivity contribution is 0.400. The van der Waals surface area contributed by atoms with Gasteiger partial charge in [-0.3, -0.25) is 4.79 Å². The molecule has 2 aromatic rings. The van der Waals surface area contributed by atoms with E-state index in [0.29, 0.717) is 11.4 Å². The minimum absolute atomic E-state index is 0.0325. The first kappa shape index (κ1) is 13.5. The number of aromatic nitrogens is 2. The van der Waals surface area contributed by atoms with Crippen molar-refractivity contribution in [1.29, 1.82) is 0 Å². The van der Waals surface area contributed by atoms with Gasteiger partial charge in [-0.25, -0.2) is 4.98 Å². The standard InChI is InChI=1S/C14H19N3O2/c1-8(12-6-5-7-19-12)15-9(2)13-10(3)16-11(4)17-14(13)18/h5-9,15H,1-4H3,(H,16,17,18)/t8-,9?/m0/s1. The molecule has 0 aliphatic carbocycles. The zero-order valence-corrected chi connectivity index (χ0v) is 11.7. The SMILES string of the molecule is Cc1nc(C)c(C(C)N[C@@H](C)c2ccco2)c(=O)[nH]1. The first-order valence-electron chi connectivity index (χ1n) is 6.36. The summed E-state index contributed by atoms with van der Waals surface area (Å²) in [6, 6.07) is 3.69. The number of hydrogen-bond acceptors (Lipinski definition) is 4. The van der Waals surface area contributed by atoms with Crippen LogP contribution in [0.25, 0.3) is 0 Å². The van der Waals surface area contributed by atoms with E-state index in [1.165, 1.54) is 0 Å². The van der Waals surface area contributed by atoms with Gasteiger partial charge in [0.05, 0.1) is 17.9 Å². The van der Waals surface area contributed by atoms with E-state index in [0.717, 1.165) is 11.5 Å². The van der Waals surface area contributed by atoms with Gasteiger partial charge in [0.15, 0.2) is 0 Å². The fourth-order valence-corrected chi connectivity index (χ4v) is 2.32. The Kier molecular flexibility index (Phi) is 3.85. The molecule has 2 atom stereocenters. The van der Waals surface area contributed by atoms with Gasteiger partial charge < -0.3 is 14.7 Å². The molecule has 0 fully saturated rings. The molecular weight excluding hydrogens is 242 g/mol. The first-order valence-corrected chi connectivity index (χ1v) is 6.36. The lowest BCUT2D eigenvalue weighted by atomic mass is 10.1. The third kappa shape index (κ3) is 2.93. The number of aryl methyl sites for hydroxylation is 2. The Bertz CT molecular complexity index is 602. The van der Waals surface area contributed by atoms with E-state index >= 15 is 0 Å². The van der Waals surface area contributed by atoms with Crippen LogP contribution in [-0.2, 0) is 0 Å². The maximum absolute atomic E-state index is 12.0. The van der Waals surface area contributed by atoms with Gasteiger partial charge in [0, 0.05) is 11.7 Å². The van der Waals surface area contributed by atoms with Crippen LogP contribution in [0.2, 0.25) is 0 Å². The van der Waals surface area contributed by atoms with Crippen molar-refractivity contribution in [2.45, 2.75) is 39.8 Å². The van der Waals surface area contributed by atoms with Gasteiger partial charge in [-0.1, -0.05) is 0 Å². The van der Waals surface area contributed by atoms with Crippen molar-refractivity contribution in [1.82, 2.24) is 15.3 Å². The van der Waals surface area contributed by atoms with Crippen LogP contribution in [0.15, 0.2) is 27.6 Å². The van der Waals surface area contributed by atoms with E-state index in [-0.39, 0.29) is 17.6 Å². The molecule has 0 aliphatic heterocycles. The lowest BCUT2D eigenvalue weighted by Gasteiger charge is -2.19. The zero-order chi connectivity index (χ0) is 14.0. The summed E-state index contributed by atoms with van der Waals surface area (Å²) in [5.41, 5.74) is 1.34. The average Bonchev–Trinajstić information content (AvgIpc) is 2.80. The highest BCUT2D eigenvalue weighted by atomic mass is 16.3. The summed E-state index contributed by atoms with van der Waals surface area (Å²) in [6.07, 6.45) is 1.64. The summed E-state index contributed by atoms with van der Waals surface area (Å²) >= 11 is 0. The summed E-state index contributed by atoms with van der Waals surface area (Å²) < 4.78 is 5.35. The van der Waals surface area contributed by atoms with E-state index in [9.17, 15) is 4.79 Å². The predicted molar refractivity (Wildman–Crippen MR) is 73.0 cm³/mol. The molecule has 102 valence electrons. The number of furan rings is 1. The van der Waals surface area contributed by atoms with Crippen LogP contribution in [0.4, 0.5) is 0 Å². The molecule has 2 N–H and O–H groups in total. The van der Waals surface area contributed by atoms with Gasteiger partial charge in [-0.2, -0.15) is 0 Å². The van der Waals surface area contributed by atoms with Crippen molar-refractivity contribution < 1.29 is 4.42 Å². The second-order valence-corrected chi connectivity index (χ2v) is 4.78.